The first-order valence-corrected chi connectivity index (χ1v) is 6.00. The lowest BCUT2D eigenvalue weighted by atomic mass is 10.1. The molecule has 1 aromatic carbocycles. The highest BCUT2D eigenvalue weighted by molar-refractivity contribution is 6.32. The Morgan fingerprint density at radius 3 is 2.83 bits per heavy atom. The minimum absolute atomic E-state index is 0.0909. The Balaban J connectivity index is 2.39. The Morgan fingerprint density at radius 2 is 2.22 bits per heavy atom. The highest BCUT2D eigenvalue weighted by Crippen LogP contribution is 2.30. The quantitative estimate of drug-likeness (QED) is 0.924. The maximum absolute atomic E-state index is 8.95. The van der Waals surface area contributed by atoms with Gasteiger partial charge in [-0.25, -0.2) is 4.98 Å². The second-order valence-electron chi connectivity index (χ2n) is 3.94. The van der Waals surface area contributed by atoms with E-state index < -0.39 is 0 Å². The molecule has 1 N–H and O–H groups in total. The topological polar surface area (TPSA) is 47.3 Å². The Kier molecular flexibility index (Phi) is 3.89. The molecule has 5 heteroatoms. The van der Waals surface area contributed by atoms with Crippen LogP contribution in [0.15, 0.2) is 24.4 Å². The Labute approximate surface area is 111 Å². The molecule has 0 aliphatic rings. The molecule has 0 spiro atoms. The van der Waals surface area contributed by atoms with Crippen molar-refractivity contribution in [3.8, 4) is 17.0 Å². The summed E-state index contributed by atoms with van der Waals surface area (Å²) in [4.78, 5) is 4.28. The number of imidazole rings is 1. The van der Waals surface area contributed by atoms with Gasteiger partial charge in [0.25, 0.3) is 0 Å². The van der Waals surface area contributed by atoms with Crippen molar-refractivity contribution in [2.45, 2.75) is 6.42 Å². The predicted octanol–water partition coefficient (Wildman–Crippen LogP) is 2.28. The number of ether oxygens (including phenoxy) is 1. The molecule has 18 heavy (non-hydrogen) atoms. The zero-order valence-electron chi connectivity index (χ0n) is 10.4. The Morgan fingerprint density at radius 1 is 1.44 bits per heavy atom. The van der Waals surface area contributed by atoms with Crippen LogP contribution in [0, 0.1) is 0 Å². The molecule has 0 aliphatic carbocycles. The molecule has 0 atom stereocenters. The molecule has 0 aliphatic heterocycles. The van der Waals surface area contributed by atoms with E-state index in [2.05, 4.69) is 4.98 Å². The van der Waals surface area contributed by atoms with Crippen molar-refractivity contribution in [3.05, 3.63) is 35.2 Å². The molecule has 96 valence electrons. The largest absolute Gasteiger partial charge is 0.495 e. The number of aliphatic hydroxyl groups is 1. The summed E-state index contributed by atoms with van der Waals surface area (Å²) in [6, 6.07) is 5.61. The fraction of sp³-hybridized carbons (Fsp3) is 0.308. The lowest BCUT2D eigenvalue weighted by Gasteiger charge is -2.08. The van der Waals surface area contributed by atoms with E-state index in [4.69, 9.17) is 21.4 Å². The summed E-state index contributed by atoms with van der Waals surface area (Å²) < 4.78 is 7.08. The highest BCUT2D eigenvalue weighted by Gasteiger charge is 2.10. The third-order valence-corrected chi connectivity index (χ3v) is 3.16. The molecule has 2 aromatic rings. The van der Waals surface area contributed by atoms with Gasteiger partial charge in [0.05, 0.1) is 30.6 Å². The van der Waals surface area contributed by atoms with Gasteiger partial charge >= 0.3 is 0 Å². The van der Waals surface area contributed by atoms with E-state index in [0.29, 0.717) is 17.2 Å². The van der Waals surface area contributed by atoms with E-state index in [1.165, 1.54) is 0 Å². The maximum Gasteiger partial charge on any atom is 0.137 e. The van der Waals surface area contributed by atoms with Gasteiger partial charge in [-0.05, 0) is 18.2 Å². The van der Waals surface area contributed by atoms with E-state index in [0.717, 1.165) is 17.1 Å². The highest BCUT2D eigenvalue weighted by atomic mass is 35.5. The number of nitrogens with zero attached hydrogens (tertiary/aromatic N) is 2. The van der Waals surface area contributed by atoms with Crippen LogP contribution in [0.2, 0.25) is 5.02 Å². The fourth-order valence-corrected chi connectivity index (χ4v) is 2.13. The van der Waals surface area contributed by atoms with E-state index in [9.17, 15) is 0 Å². The summed E-state index contributed by atoms with van der Waals surface area (Å²) in [5.74, 6) is 1.50. The van der Waals surface area contributed by atoms with Gasteiger partial charge in [-0.1, -0.05) is 11.6 Å². The van der Waals surface area contributed by atoms with E-state index in [-0.39, 0.29) is 6.61 Å². The summed E-state index contributed by atoms with van der Waals surface area (Å²) in [5.41, 5.74) is 1.93. The fourth-order valence-electron chi connectivity index (χ4n) is 1.87. The maximum atomic E-state index is 8.95. The van der Waals surface area contributed by atoms with Crippen LogP contribution in [0.4, 0.5) is 0 Å². The zero-order chi connectivity index (χ0) is 13.1. The van der Waals surface area contributed by atoms with Crippen LogP contribution in [0.1, 0.15) is 5.82 Å². The first kappa shape index (κ1) is 12.9. The van der Waals surface area contributed by atoms with Crippen molar-refractivity contribution in [1.29, 1.82) is 0 Å². The SMILES string of the molecule is COc1ccc(-c2cnc(CCO)n2C)cc1Cl. The number of halogens is 1. The number of aromatic nitrogens is 2. The summed E-state index contributed by atoms with van der Waals surface area (Å²) >= 11 is 6.11. The normalized spacial score (nSPS) is 10.7. The molecular weight excluding hydrogens is 252 g/mol. The number of hydrogen-bond donors (Lipinski definition) is 1. The number of aliphatic hydroxyl groups excluding tert-OH is 1. The van der Waals surface area contributed by atoms with Crippen LogP contribution >= 0.6 is 11.6 Å². The van der Waals surface area contributed by atoms with Crippen LogP contribution in [0.3, 0.4) is 0 Å². The number of hydrogen-bond acceptors (Lipinski definition) is 3. The molecule has 4 nitrogen and oxygen atoms in total. The molecule has 1 heterocycles. The van der Waals surface area contributed by atoms with Crippen molar-refractivity contribution in [2.24, 2.45) is 7.05 Å². The second-order valence-corrected chi connectivity index (χ2v) is 4.35. The molecule has 0 radical (unpaired) electrons. The summed E-state index contributed by atoms with van der Waals surface area (Å²) in [7, 11) is 3.51. The third-order valence-electron chi connectivity index (χ3n) is 2.87. The summed E-state index contributed by atoms with van der Waals surface area (Å²) in [5, 5.41) is 9.51. The lowest BCUT2D eigenvalue weighted by Crippen LogP contribution is -2.02. The molecule has 0 bridgehead atoms. The van der Waals surface area contributed by atoms with Gasteiger partial charge in [0, 0.05) is 19.0 Å². The van der Waals surface area contributed by atoms with Crippen molar-refractivity contribution in [2.75, 3.05) is 13.7 Å². The minimum atomic E-state index is 0.0909. The molecule has 0 amide bonds. The van der Waals surface area contributed by atoms with E-state index in [1.54, 1.807) is 13.3 Å². The molecule has 0 saturated heterocycles. The molecule has 0 saturated carbocycles. The van der Waals surface area contributed by atoms with Gasteiger partial charge < -0.3 is 14.4 Å². The summed E-state index contributed by atoms with van der Waals surface area (Å²) in [6.45, 7) is 0.0909. The van der Waals surface area contributed by atoms with Crippen molar-refractivity contribution in [1.82, 2.24) is 9.55 Å². The van der Waals surface area contributed by atoms with Crippen LogP contribution in [0.5, 0.6) is 5.75 Å². The zero-order valence-corrected chi connectivity index (χ0v) is 11.1. The number of rotatable bonds is 4. The van der Waals surface area contributed by atoms with Crippen LogP contribution < -0.4 is 4.74 Å². The van der Waals surface area contributed by atoms with Gasteiger partial charge in [-0.2, -0.15) is 0 Å². The summed E-state index contributed by atoms with van der Waals surface area (Å²) in [6.07, 6.45) is 2.32. The Bertz CT molecular complexity index is 552. The molecule has 2 rings (SSSR count). The monoisotopic (exact) mass is 266 g/mol. The number of benzene rings is 1. The van der Waals surface area contributed by atoms with Gasteiger partial charge in [-0.15, -0.1) is 0 Å². The van der Waals surface area contributed by atoms with Crippen LogP contribution in [0.25, 0.3) is 11.3 Å². The molecule has 0 unspecified atom stereocenters. The third kappa shape index (κ3) is 2.35. The predicted molar refractivity (Wildman–Crippen MR) is 71.0 cm³/mol. The van der Waals surface area contributed by atoms with Crippen molar-refractivity contribution < 1.29 is 9.84 Å². The minimum Gasteiger partial charge on any atom is -0.495 e. The van der Waals surface area contributed by atoms with Crippen LogP contribution in [-0.2, 0) is 13.5 Å². The first-order chi connectivity index (χ1) is 8.67. The molecule has 1 aromatic heterocycles. The molecular formula is C13H15ClN2O2. The lowest BCUT2D eigenvalue weighted by molar-refractivity contribution is 0.295. The van der Waals surface area contributed by atoms with Gasteiger partial charge in [0.15, 0.2) is 0 Å². The smallest absolute Gasteiger partial charge is 0.137 e. The van der Waals surface area contributed by atoms with E-state index >= 15 is 0 Å². The van der Waals surface area contributed by atoms with Gasteiger partial charge in [0.1, 0.15) is 11.6 Å². The molecule has 0 fully saturated rings. The van der Waals surface area contributed by atoms with E-state index in [1.807, 2.05) is 29.8 Å². The van der Waals surface area contributed by atoms with Crippen LogP contribution in [-0.4, -0.2) is 28.4 Å². The van der Waals surface area contributed by atoms with Crippen molar-refractivity contribution >= 4 is 11.6 Å². The average molecular weight is 267 g/mol. The standard InChI is InChI=1S/C13H15ClN2O2/c1-16-11(8-15-13(16)5-6-17)9-3-4-12(18-2)10(14)7-9/h3-4,7-8,17H,5-6H2,1-2H3. The first-order valence-electron chi connectivity index (χ1n) is 5.62. The van der Waals surface area contributed by atoms with Crippen molar-refractivity contribution in [3.63, 3.8) is 0 Å². The average Bonchev–Trinajstić information content (AvgIpc) is 2.72. The number of methoxy groups -OCH3 is 1. The van der Waals surface area contributed by atoms with Gasteiger partial charge in [0.2, 0.25) is 0 Å². The second kappa shape index (κ2) is 5.42. The van der Waals surface area contributed by atoms with Gasteiger partial charge in [-0.3, -0.25) is 0 Å². The Hall–Kier alpha value is -1.52.